The number of hydrogen-bond donors (Lipinski definition) is 2. The smallest absolute Gasteiger partial charge is 0.303 e. The number of rotatable bonds is 3. The van der Waals surface area contributed by atoms with Crippen LogP contribution < -0.4 is 0 Å². The highest BCUT2D eigenvalue weighted by molar-refractivity contribution is 14.1. The molecule has 11 heavy (non-hydrogen) atoms. The number of phosphoric ester groups is 1. The maximum Gasteiger partial charge on any atom is 0.470 e. The Bertz CT molecular complexity index is 173. The van der Waals surface area contributed by atoms with Crippen molar-refractivity contribution >= 4 is 30.4 Å². The van der Waals surface area contributed by atoms with Gasteiger partial charge < -0.3 is 9.79 Å². The van der Waals surface area contributed by atoms with Crippen molar-refractivity contribution in [2.45, 2.75) is 30.3 Å². The van der Waals surface area contributed by atoms with Crippen LogP contribution in [0.3, 0.4) is 0 Å². The van der Waals surface area contributed by atoms with Gasteiger partial charge >= 0.3 is 7.82 Å². The molecule has 0 aliphatic carbocycles. The summed E-state index contributed by atoms with van der Waals surface area (Å²) in [6, 6.07) is 0. The van der Waals surface area contributed by atoms with Gasteiger partial charge in [0.25, 0.3) is 0 Å². The zero-order chi connectivity index (χ0) is 9.28. The van der Waals surface area contributed by atoms with E-state index < -0.39 is 13.4 Å². The first-order chi connectivity index (χ1) is 4.65. The van der Waals surface area contributed by atoms with Gasteiger partial charge in [-0.1, -0.05) is 29.5 Å². The first kappa shape index (κ1) is 11.8. The van der Waals surface area contributed by atoms with Gasteiger partial charge in [0, 0.05) is 3.92 Å². The van der Waals surface area contributed by atoms with Gasteiger partial charge in [0.1, 0.15) is 0 Å². The van der Waals surface area contributed by atoms with E-state index in [9.17, 15) is 4.57 Å². The minimum absolute atomic E-state index is 0.0349. The van der Waals surface area contributed by atoms with Crippen LogP contribution in [-0.2, 0) is 9.09 Å². The van der Waals surface area contributed by atoms with Gasteiger partial charge in [-0.05, 0) is 13.8 Å². The molecule has 0 aromatic carbocycles. The largest absolute Gasteiger partial charge is 0.470 e. The summed E-state index contributed by atoms with van der Waals surface area (Å²) in [4.78, 5) is 17.0. The van der Waals surface area contributed by atoms with Crippen LogP contribution in [0.25, 0.3) is 0 Å². The maximum atomic E-state index is 10.4. The molecule has 68 valence electrons. The molecule has 0 aromatic heterocycles. The second kappa shape index (κ2) is 3.70. The quantitative estimate of drug-likeness (QED) is 0.472. The van der Waals surface area contributed by atoms with E-state index in [1.807, 2.05) is 6.92 Å². The molecule has 4 nitrogen and oxygen atoms in total. The van der Waals surface area contributed by atoms with Crippen molar-refractivity contribution in [1.29, 1.82) is 0 Å². The van der Waals surface area contributed by atoms with Crippen LogP contribution in [-0.4, -0.2) is 19.3 Å². The van der Waals surface area contributed by atoms with Crippen molar-refractivity contribution in [3.05, 3.63) is 0 Å². The van der Waals surface area contributed by atoms with Crippen molar-refractivity contribution in [1.82, 2.24) is 0 Å². The van der Waals surface area contributed by atoms with E-state index in [2.05, 4.69) is 27.1 Å². The monoisotopic (exact) mass is 294 g/mol. The molecule has 0 saturated carbocycles. The minimum Gasteiger partial charge on any atom is -0.303 e. The molecule has 2 N–H and O–H groups in total. The molecule has 0 amide bonds. The van der Waals surface area contributed by atoms with E-state index in [1.165, 1.54) is 0 Å². The fourth-order valence-corrected chi connectivity index (χ4v) is 1.48. The number of phosphoric acid groups is 1. The van der Waals surface area contributed by atoms with Crippen molar-refractivity contribution < 1.29 is 18.9 Å². The summed E-state index contributed by atoms with van der Waals surface area (Å²) >= 11 is 2.06. The summed E-state index contributed by atoms with van der Waals surface area (Å²) in [5.41, 5.74) is -0.792. The first-order valence-corrected chi connectivity index (χ1v) is 5.83. The van der Waals surface area contributed by atoms with Gasteiger partial charge in [-0.15, -0.1) is 0 Å². The second-order valence-corrected chi connectivity index (χ2v) is 5.83. The van der Waals surface area contributed by atoms with Crippen molar-refractivity contribution in [2.75, 3.05) is 0 Å². The van der Waals surface area contributed by atoms with E-state index in [1.54, 1.807) is 13.8 Å². The maximum absolute atomic E-state index is 10.4. The molecule has 0 spiro atoms. The van der Waals surface area contributed by atoms with Gasteiger partial charge in [-0.3, -0.25) is 4.52 Å². The zero-order valence-corrected chi connectivity index (χ0v) is 9.67. The lowest BCUT2D eigenvalue weighted by Crippen LogP contribution is -2.31. The van der Waals surface area contributed by atoms with E-state index in [0.717, 1.165) is 0 Å². The Morgan fingerprint density at radius 1 is 1.55 bits per heavy atom. The number of halogens is 1. The Hall–Kier alpha value is 0.840. The summed E-state index contributed by atoms with van der Waals surface area (Å²) in [6.07, 6.45) is 0. The molecular formula is C5H12IO4P. The summed E-state index contributed by atoms with van der Waals surface area (Å²) in [5, 5.41) is 0. The fourth-order valence-electron chi connectivity index (χ4n) is 0.379. The Balaban J connectivity index is 4.25. The van der Waals surface area contributed by atoms with Crippen LogP contribution in [0.2, 0.25) is 0 Å². The Morgan fingerprint density at radius 3 is 2.00 bits per heavy atom. The standard InChI is InChI=1S/C5H12IO4P/c1-4(6)5(2,3)10-11(7,8)9/h4H,1-3H3,(H2,7,8,9). The molecule has 0 aromatic rings. The molecule has 1 atom stereocenters. The van der Waals surface area contributed by atoms with Gasteiger partial charge in [-0.2, -0.15) is 0 Å². The summed E-state index contributed by atoms with van der Waals surface area (Å²) < 4.78 is 15.0. The van der Waals surface area contributed by atoms with Crippen molar-refractivity contribution in [3.8, 4) is 0 Å². The lowest BCUT2D eigenvalue weighted by atomic mass is 10.1. The molecule has 0 heterocycles. The van der Waals surface area contributed by atoms with E-state index in [0.29, 0.717) is 0 Å². The zero-order valence-electron chi connectivity index (χ0n) is 6.61. The first-order valence-electron chi connectivity index (χ1n) is 3.05. The molecule has 1 unspecified atom stereocenters. The molecule has 0 rings (SSSR count). The summed E-state index contributed by atoms with van der Waals surface area (Å²) in [6.45, 7) is 5.11. The molecule has 6 heteroatoms. The average Bonchev–Trinajstić information content (AvgIpc) is 1.56. The van der Waals surface area contributed by atoms with E-state index in [4.69, 9.17) is 9.79 Å². The van der Waals surface area contributed by atoms with Gasteiger partial charge in [0.05, 0.1) is 5.60 Å². The Kier molecular flexibility index (Phi) is 3.98. The van der Waals surface area contributed by atoms with Crippen LogP contribution in [0, 0.1) is 0 Å². The molecule has 0 bridgehead atoms. The molecule has 0 aliphatic heterocycles. The van der Waals surface area contributed by atoms with E-state index >= 15 is 0 Å². The second-order valence-electron chi connectivity index (χ2n) is 2.80. The van der Waals surface area contributed by atoms with Crippen LogP contribution in [0.4, 0.5) is 0 Å². The number of alkyl halides is 1. The lowest BCUT2D eigenvalue weighted by molar-refractivity contribution is 0.0701. The predicted molar refractivity (Wildman–Crippen MR) is 50.7 cm³/mol. The number of hydrogen-bond acceptors (Lipinski definition) is 2. The summed E-state index contributed by atoms with van der Waals surface area (Å²) in [5.74, 6) is 0. The SMILES string of the molecule is CC(I)C(C)(C)OP(=O)(O)O. The van der Waals surface area contributed by atoms with Gasteiger partial charge in [0.2, 0.25) is 0 Å². The molecule has 0 radical (unpaired) electrons. The average molecular weight is 294 g/mol. The predicted octanol–water partition coefficient (Wildman–Crippen LogP) is 1.70. The van der Waals surface area contributed by atoms with E-state index in [-0.39, 0.29) is 3.92 Å². The third-order valence-corrected chi connectivity index (χ3v) is 3.52. The van der Waals surface area contributed by atoms with Crippen LogP contribution >= 0.6 is 30.4 Å². The van der Waals surface area contributed by atoms with Crippen molar-refractivity contribution in [3.63, 3.8) is 0 Å². The van der Waals surface area contributed by atoms with Crippen LogP contribution in [0.5, 0.6) is 0 Å². The highest BCUT2D eigenvalue weighted by Crippen LogP contribution is 2.43. The normalized spacial score (nSPS) is 16.5. The third-order valence-electron chi connectivity index (χ3n) is 1.31. The third kappa shape index (κ3) is 5.14. The minimum atomic E-state index is -4.35. The highest BCUT2D eigenvalue weighted by Gasteiger charge is 2.32. The Labute approximate surface area is 79.7 Å². The van der Waals surface area contributed by atoms with Crippen LogP contribution in [0.15, 0.2) is 0 Å². The van der Waals surface area contributed by atoms with Crippen LogP contribution in [0.1, 0.15) is 20.8 Å². The van der Waals surface area contributed by atoms with Gasteiger partial charge in [-0.25, -0.2) is 4.57 Å². The summed E-state index contributed by atoms with van der Waals surface area (Å²) in [7, 11) is -4.35. The van der Waals surface area contributed by atoms with Crippen molar-refractivity contribution in [2.24, 2.45) is 0 Å². The molecule has 0 aliphatic rings. The molecule has 0 saturated heterocycles. The molecular weight excluding hydrogens is 282 g/mol. The lowest BCUT2D eigenvalue weighted by Gasteiger charge is -2.27. The molecule has 0 fully saturated rings. The Morgan fingerprint density at radius 2 is 1.91 bits per heavy atom. The van der Waals surface area contributed by atoms with Gasteiger partial charge in [0.15, 0.2) is 0 Å². The fraction of sp³-hybridized carbons (Fsp3) is 1.00. The topological polar surface area (TPSA) is 66.8 Å². The highest BCUT2D eigenvalue weighted by atomic mass is 127.